The van der Waals surface area contributed by atoms with Gasteiger partial charge >= 0.3 is 12.1 Å². The van der Waals surface area contributed by atoms with Gasteiger partial charge in [-0.1, -0.05) is 69.5 Å². The Morgan fingerprint density at radius 1 is 1.19 bits per heavy atom. The lowest BCUT2D eigenvalue weighted by atomic mass is 9.92. The fraction of sp³-hybridized carbons (Fsp3) is 0.571. The Labute approximate surface area is 159 Å². The first-order valence-electron chi connectivity index (χ1n) is 9.25. The van der Waals surface area contributed by atoms with Gasteiger partial charge in [-0.25, -0.2) is 4.79 Å². The third-order valence-electron chi connectivity index (χ3n) is 4.73. The van der Waals surface area contributed by atoms with Crippen LogP contribution in [0.5, 0.6) is 0 Å². The lowest BCUT2D eigenvalue weighted by Crippen LogP contribution is -2.52. The summed E-state index contributed by atoms with van der Waals surface area (Å²) in [4.78, 5) is 12.8. The quantitative estimate of drug-likeness (QED) is 0.274. The van der Waals surface area contributed by atoms with Crippen LogP contribution in [-0.2, 0) is 19.9 Å². The van der Waals surface area contributed by atoms with Gasteiger partial charge in [-0.15, -0.1) is 6.58 Å². The lowest BCUT2D eigenvalue weighted by Gasteiger charge is -2.34. The summed E-state index contributed by atoms with van der Waals surface area (Å²) in [5.74, 6) is -1.72. The van der Waals surface area contributed by atoms with Crippen LogP contribution in [0.1, 0.15) is 51.5 Å². The number of ether oxygens (including phenoxy) is 2. The molecule has 0 heterocycles. The van der Waals surface area contributed by atoms with Crippen molar-refractivity contribution in [1.82, 2.24) is 0 Å². The number of benzene rings is 1. The maximum atomic E-state index is 14.0. The minimum absolute atomic E-state index is 0.269. The monoisotopic (exact) mass is 386 g/mol. The second-order valence-corrected chi connectivity index (χ2v) is 6.64. The molecule has 6 heteroatoms. The number of carbonyl (C=O) groups is 1. The zero-order valence-electron chi connectivity index (χ0n) is 16.2. The van der Waals surface area contributed by atoms with Crippen molar-refractivity contribution in [3.63, 3.8) is 0 Å². The Morgan fingerprint density at radius 3 is 2.30 bits per heavy atom. The predicted octanol–water partition coefficient (Wildman–Crippen LogP) is 5.79. The highest BCUT2D eigenvalue weighted by Crippen LogP contribution is 2.43. The van der Waals surface area contributed by atoms with Gasteiger partial charge in [0, 0.05) is 18.6 Å². The van der Waals surface area contributed by atoms with Gasteiger partial charge in [-0.2, -0.15) is 13.2 Å². The molecule has 0 aliphatic rings. The number of carbonyl (C=O) groups excluding carboxylic acids is 1. The number of alkyl halides is 3. The first-order chi connectivity index (χ1) is 12.7. The van der Waals surface area contributed by atoms with E-state index in [2.05, 4.69) is 13.5 Å². The molecule has 0 aromatic heterocycles. The Bertz CT molecular complexity index is 586. The summed E-state index contributed by atoms with van der Waals surface area (Å²) >= 11 is 0. The number of esters is 1. The van der Waals surface area contributed by atoms with E-state index in [4.69, 9.17) is 9.47 Å². The van der Waals surface area contributed by atoms with E-state index >= 15 is 0 Å². The molecule has 0 spiro atoms. The highest BCUT2D eigenvalue weighted by molar-refractivity contribution is 5.82. The zero-order chi connectivity index (χ0) is 20.5. The molecule has 0 saturated heterocycles. The van der Waals surface area contributed by atoms with Crippen molar-refractivity contribution in [2.75, 3.05) is 7.11 Å². The maximum absolute atomic E-state index is 14.0. The third kappa shape index (κ3) is 5.58. The normalized spacial score (nSPS) is 16.2. The molecular weight excluding hydrogens is 357 g/mol. The second kappa shape index (κ2) is 10.5. The number of unbranched alkanes of at least 4 members (excludes halogenated alkanes) is 3. The van der Waals surface area contributed by atoms with E-state index in [9.17, 15) is 18.0 Å². The van der Waals surface area contributed by atoms with Crippen LogP contribution >= 0.6 is 0 Å². The van der Waals surface area contributed by atoms with Crippen molar-refractivity contribution in [2.45, 2.75) is 63.8 Å². The molecule has 1 aromatic carbocycles. The van der Waals surface area contributed by atoms with E-state index in [0.29, 0.717) is 6.42 Å². The molecule has 0 radical (unpaired) electrons. The molecule has 3 nitrogen and oxygen atoms in total. The Hall–Kier alpha value is -1.82. The van der Waals surface area contributed by atoms with Crippen molar-refractivity contribution in [3.05, 3.63) is 48.6 Å². The number of rotatable bonds is 11. The molecule has 152 valence electrons. The molecule has 0 fully saturated rings. The largest absolute Gasteiger partial charge is 0.459 e. The van der Waals surface area contributed by atoms with E-state index < -0.39 is 23.9 Å². The molecule has 0 N–H and O–H groups in total. The summed E-state index contributed by atoms with van der Waals surface area (Å²) in [7, 11) is 0.870. The van der Waals surface area contributed by atoms with Crippen molar-refractivity contribution in [1.29, 1.82) is 0 Å². The van der Waals surface area contributed by atoms with Crippen molar-refractivity contribution in [3.8, 4) is 0 Å². The number of methoxy groups -OCH3 is 1. The standard InChI is InChI=1S/C21H29F3O3/c1-5-7-8-12-15-18(16(3)6-2)27-19(25)20(26-4,21(22,23)24)17-13-10-9-11-14-17/h6,9-11,13-14,16,18H,2,5,7-8,12,15H2,1,3-4H3/t16-,18+,20-/m1/s1. The fourth-order valence-electron chi connectivity index (χ4n) is 2.96. The summed E-state index contributed by atoms with van der Waals surface area (Å²) in [5, 5.41) is 0. The molecule has 3 atom stereocenters. The van der Waals surface area contributed by atoms with Crippen LogP contribution in [0.2, 0.25) is 0 Å². The van der Waals surface area contributed by atoms with Crippen LogP contribution in [-0.4, -0.2) is 25.4 Å². The molecule has 0 bridgehead atoms. The predicted molar refractivity (Wildman–Crippen MR) is 99.2 cm³/mol. The van der Waals surface area contributed by atoms with Crippen LogP contribution in [0.3, 0.4) is 0 Å². The topological polar surface area (TPSA) is 35.5 Å². The number of hydrogen-bond acceptors (Lipinski definition) is 3. The van der Waals surface area contributed by atoms with Crippen molar-refractivity contribution in [2.24, 2.45) is 5.92 Å². The van der Waals surface area contributed by atoms with Gasteiger partial charge in [0.15, 0.2) is 0 Å². The Kier molecular flexibility index (Phi) is 9.03. The molecule has 0 saturated carbocycles. The van der Waals surface area contributed by atoms with Crippen LogP contribution in [0.25, 0.3) is 0 Å². The SMILES string of the molecule is C=C[C@@H](C)[C@H](CCCCCC)OC(=O)[C@](OC)(c1ccccc1)C(F)(F)F. The van der Waals surface area contributed by atoms with Crippen LogP contribution in [0.15, 0.2) is 43.0 Å². The summed E-state index contributed by atoms with van der Waals surface area (Å²) < 4.78 is 52.0. The molecule has 1 aromatic rings. The lowest BCUT2D eigenvalue weighted by molar-refractivity contribution is -0.278. The van der Waals surface area contributed by atoms with Gasteiger partial charge in [0.25, 0.3) is 5.60 Å². The highest BCUT2D eigenvalue weighted by Gasteiger charge is 2.64. The van der Waals surface area contributed by atoms with Gasteiger partial charge in [0.1, 0.15) is 6.10 Å². The average Bonchev–Trinajstić information content (AvgIpc) is 2.64. The van der Waals surface area contributed by atoms with Gasteiger partial charge < -0.3 is 9.47 Å². The summed E-state index contributed by atoms with van der Waals surface area (Å²) in [5.41, 5.74) is -3.46. The Morgan fingerprint density at radius 2 is 1.81 bits per heavy atom. The van der Waals surface area contributed by atoms with E-state index in [1.807, 2.05) is 0 Å². The van der Waals surface area contributed by atoms with E-state index in [-0.39, 0.29) is 11.5 Å². The van der Waals surface area contributed by atoms with Crippen LogP contribution < -0.4 is 0 Å². The van der Waals surface area contributed by atoms with Gasteiger partial charge in [-0.05, 0) is 12.8 Å². The molecule has 27 heavy (non-hydrogen) atoms. The molecule has 0 unspecified atom stereocenters. The summed E-state index contributed by atoms with van der Waals surface area (Å²) in [6.07, 6.45) is 0.169. The molecule has 0 aliphatic carbocycles. The Balaban J connectivity index is 3.14. The number of halogens is 3. The van der Waals surface area contributed by atoms with E-state index in [0.717, 1.165) is 32.8 Å². The van der Waals surface area contributed by atoms with Gasteiger partial charge in [-0.3, -0.25) is 0 Å². The fourth-order valence-corrected chi connectivity index (χ4v) is 2.96. The maximum Gasteiger partial charge on any atom is 0.432 e. The van der Waals surface area contributed by atoms with E-state index in [1.54, 1.807) is 19.1 Å². The van der Waals surface area contributed by atoms with Gasteiger partial charge in [0.05, 0.1) is 0 Å². The first-order valence-corrected chi connectivity index (χ1v) is 9.25. The third-order valence-corrected chi connectivity index (χ3v) is 4.73. The number of hydrogen-bond donors (Lipinski definition) is 0. The highest BCUT2D eigenvalue weighted by atomic mass is 19.4. The van der Waals surface area contributed by atoms with Crippen molar-refractivity contribution < 1.29 is 27.4 Å². The smallest absolute Gasteiger partial charge is 0.432 e. The summed E-state index contributed by atoms with van der Waals surface area (Å²) in [6, 6.07) is 6.85. The minimum Gasteiger partial charge on any atom is -0.459 e. The first kappa shape index (κ1) is 23.2. The zero-order valence-corrected chi connectivity index (χ0v) is 16.2. The van der Waals surface area contributed by atoms with Crippen LogP contribution in [0.4, 0.5) is 13.2 Å². The van der Waals surface area contributed by atoms with Gasteiger partial charge in [0.2, 0.25) is 0 Å². The molecule has 0 aliphatic heterocycles. The molecular formula is C21H29F3O3. The van der Waals surface area contributed by atoms with Crippen LogP contribution in [0, 0.1) is 5.92 Å². The molecule has 0 amide bonds. The molecule has 1 rings (SSSR count). The van der Waals surface area contributed by atoms with Crippen molar-refractivity contribution >= 4 is 5.97 Å². The summed E-state index contributed by atoms with van der Waals surface area (Å²) in [6.45, 7) is 7.52. The second-order valence-electron chi connectivity index (χ2n) is 6.64. The van der Waals surface area contributed by atoms with E-state index in [1.165, 1.54) is 24.3 Å². The average molecular weight is 386 g/mol. The minimum atomic E-state index is -4.97.